The number of alkyl halides is 3. The van der Waals surface area contributed by atoms with Gasteiger partial charge in [0.1, 0.15) is 0 Å². The quantitative estimate of drug-likeness (QED) is 0.694. The van der Waals surface area contributed by atoms with Crippen molar-refractivity contribution in [1.82, 2.24) is 15.1 Å². The Morgan fingerprint density at radius 3 is 2.40 bits per heavy atom. The van der Waals surface area contributed by atoms with Crippen molar-refractivity contribution < 1.29 is 27.9 Å². The molecule has 0 aliphatic rings. The Labute approximate surface area is 140 Å². The maximum atomic E-state index is 12.5. The first kappa shape index (κ1) is 18.3. The molecule has 0 saturated heterocycles. The predicted octanol–water partition coefficient (Wildman–Crippen LogP) is 2.88. The number of carboxylic acids is 1. The predicted molar refractivity (Wildman–Crippen MR) is 82.5 cm³/mol. The first-order valence-corrected chi connectivity index (χ1v) is 7.25. The zero-order valence-electron chi connectivity index (χ0n) is 12.9. The number of aliphatic carboxylic acids is 1. The molecule has 0 bridgehead atoms. The number of nitrogens with zero attached hydrogens (tertiary/aromatic N) is 2. The molecule has 10 heteroatoms. The number of rotatable bonds is 6. The van der Waals surface area contributed by atoms with Crippen LogP contribution in [0, 0.1) is 0 Å². The minimum absolute atomic E-state index is 0.0429. The molecule has 0 atom stereocenters. The van der Waals surface area contributed by atoms with Gasteiger partial charge in [0.2, 0.25) is 0 Å². The number of nitrogens with one attached hydrogen (secondary N) is 2. The smallest absolute Gasteiger partial charge is 0.435 e. The van der Waals surface area contributed by atoms with Crippen molar-refractivity contribution in [3.63, 3.8) is 0 Å². The number of carbonyl (C=O) groups is 2. The molecular weight excluding hydrogens is 341 g/mol. The van der Waals surface area contributed by atoms with E-state index in [1.807, 2.05) is 0 Å². The molecule has 2 aromatic rings. The van der Waals surface area contributed by atoms with Crippen LogP contribution in [0.1, 0.15) is 18.5 Å². The van der Waals surface area contributed by atoms with E-state index in [4.69, 9.17) is 5.11 Å². The van der Waals surface area contributed by atoms with E-state index in [0.29, 0.717) is 17.8 Å². The van der Waals surface area contributed by atoms with Crippen molar-refractivity contribution in [2.45, 2.75) is 19.0 Å². The number of hydrogen-bond acceptors (Lipinski definition) is 3. The average molecular weight is 356 g/mol. The van der Waals surface area contributed by atoms with E-state index in [0.717, 1.165) is 10.7 Å². The Morgan fingerprint density at radius 2 is 1.84 bits per heavy atom. The van der Waals surface area contributed by atoms with Gasteiger partial charge in [-0.3, -0.25) is 4.79 Å². The summed E-state index contributed by atoms with van der Waals surface area (Å²) in [5.74, 6) is -0.940. The Kier molecular flexibility index (Phi) is 5.63. The fourth-order valence-corrected chi connectivity index (χ4v) is 1.93. The molecular formula is C15H15F3N4O3. The van der Waals surface area contributed by atoms with Crippen molar-refractivity contribution in [3.8, 4) is 5.69 Å². The molecule has 2 amide bonds. The zero-order chi connectivity index (χ0) is 18.4. The number of aromatic nitrogens is 2. The lowest BCUT2D eigenvalue weighted by atomic mass is 10.3. The normalized spacial score (nSPS) is 11.2. The van der Waals surface area contributed by atoms with Gasteiger partial charge in [0.15, 0.2) is 5.69 Å². The number of carbonyl (C=O) groups excluding carboxylic acids is 1. The van der Waals surface area contributed by atoms with Crippen LogP contribution in [0.25, 0.3) is 5.69 Å². The summed E-state index contributed by atoms with van der Waals surface area (Å²) in [6.45, 7) is 0.212. The van der Waals surface area contributed by atoms with E-state index in [1.54, 1.807) is 0 Å². The van der Waals surface area contributed by atoms with Gasteiger partial charge >= 0.3 is 18.2 Å². The molecule has 1 aromatic heterocycles. The van der Waals surface area contributed by atoms with Crippen LogP contribution in [0.4, 0.5) is 23.7 Å². The maximum Gasteiger partial charge on any atom is 0.435 e. The fourth-order valence-electron chi connectivity index (χ4n) is 1.93. The summed E-state index contributed by atoms with van der Waals surface area (Å²) >= 11 is 0. The van der Waals surface area contributed by atoms with Gasteiger partial charge in [0.05, 0.1) is 5.69 Å². The van der Waals surface area contributed by atoms with E-state index < -0.39 is 23.9 Å². The number of hydrogen-bond donors (Lipinski definition) is 3. The second-order valence-corrected chi connectivity index (χ2v) is 5.07. The summed E-state index contributed by atoms with van der Waals surface area (Å²) in [4.78, 5) is 22.0. The third kappa shape index (κ3) is 5.52. The summed E-state index contributed by atoms with van der Waals surface area (Å²) in [5, 5.41) is 17.0. The number of halogens is 3. The molecule has 0 unspecified atom stereocenters. The highest BCUT2D eigenvalue weighted by Crippen LogP contribution is 2.28. The van der Waals surface area contributed by atoms with E-state index in [-0.39, 0.29) is 13.0 Å². The monoisotopic (exact) mass is 356 g/mol. The van der Waals surface area contributed by atoms with Crippen molar-refractivity contribution in [2.75, 3.05) is 11.9 Å². The number of anilines is 1. The third-order valence-electron chi connectivity index (χ3n) is 3.12. The van der Waals surface area contributed by atoms with Gasteiger partial charge in [-0.25, -0.2) is 9.48 Å². The van der Waals surface area contributed by atoms with Gasteiger partial charge in [0.25, 0.3) is 0 Å². The molecule has 0 spiro atoms. The van der Waals surface area contributed by atoms with Crippen LogP contribution >= 0.6 is 0 Å². The topological polar surface area (TPSA) is 96.3 Å². The van der Waals surface area contributed by atoms with Crippen LogP contribution in [0.5, 0.6) is 0 Å². The maximum absolute atomic E-state index is 12.5. The first-order valence-electron chi connectivity index (χ1n) is 7.25. The Hall–Kier alpha value is -3.04. The Morgan fingerprint density at radius 1 is 1.16 bits per heavy atom. The summed E-state index contributed by atoms with van der Waals surface area (Å²) < 4.78 is 38.7. The van der Waals surface area contributed by atoms with E-state index in [2.05, 4.69) is 15.7 Å². The second-order valence-electron chi connectivity index (χ2n) is 5.07. The molecule has 7 nitrogen and oxygen atoms in total. The van der Waals surface area contributed by atoms with Gasteiger partial charge in [-0.15, -0.1) is 0 Å². The average Bonchev–Trinajstić information content (AvgIpc) is 3.02. The summed E-state index contributed by atoms with van der Waals surface area (Å²) in [6.07, 6.45) is -3.05. The molecule has 0 fully saturated rings. The third-order valence-corrected chi connectivity index (χ3v) is 3.12. The minimum atomic E-state index is -4.51. The van der Waals surface area contributed by atoms with Crippen molar-refractivity contribution in [2.24, 2.45) is 0 Å². The van der Waals surface area contributed by atoms with Crippen molar-refractivity contribution >= 4 is 17.7 Å². The molecule has 1 aromatic carbocycles. The number of urea groups is 1. The standard InChI is InChI=1S/C15H15F3N4O3/c16-15(17,18)12-7-9-22(21-12)11-5-3-10(4-6-11)20-14(25)19-8-1-2-13(23)24/h3-7,9H,1-2,8H2,(H,23,24)(H2,19,20,25). The van der Waals surface area contributed by atoms with Gasteiger partial charge in [-0.1, -0.05) is 0 Å². The van der Waals surface area contributed by atoms with Crippen molar-refractivity contribution in [1.29, 1.82) is 0 Å². The Balaban J connectivity index is 1.90. The van der Waals surface area contributed by atoms with Crippen LogP contribution in [0.2, 0.25) is 0 Å². The minimum Gasteiger partial charge on any atom is -0.481 e. The summed E-state index contributed by atoms with van der Waals surface area (Å²) in [6, 6.07) is 6.41. The molecule has 2 rings (SSSR count). The molecule has 3 N–H and O–H groups in total. The highest BCUT2D eigenvalue weighted by molar-refractivity contribution is 5.89. The van der Waals surface area contributed by atoms with Gasteiger partial charge in [0, 0.05) is 24.8 Å². The van der Waals surface area contributed by atoms with Crippen molar-refractivity contribution in [3.05, 3.63) is 42.2 Å². The van der Waals surface area contributed by atoms with Crippen LogP contribution in [-0.4, -0.2) is 33.4 Å². The van der Waals surface area contributed by atoms with E-state index in [9.17, 15) is 22.8 Å². The van der Waals surface area contributed by atoms with Gasteiger partial charge in [-0.2, -0.15) is 18.3 Å². The molecule has 0 saturated carbocycles. The summed E-state index contributed by atoms with van der Waals surface area (Å²) in [5.41, 5.74) is -0.152. The molecule has 0 radical (unpaired) electrons. The lowest BCUT2D eigenvalue weighted by molar-refractivity contribution is -0.141. The van der Waals surface area contributed by atoms with E-state index >= 15 is 0 Å². The largest absolute Gasteiger partial charge is 0.481 e. The van der Waals surface area contributed by atoms with Crippen LogP contribution in [-0.2, 0) is 11.0 Å². The first-order chi connectivity index (χ1) is 11.8. The Bertz CT molecular complexity index is 741. The van der Waals surface area contributed by atoms with Crippen LogP contribution < -0.4 is 10.6 Å². The summed E-state index contributed by atoms with van der Waals surface area (Å²) in [7, 11) is 0. The second kappa shape index (κ2) is 7.69. The lowest BCUT2D eigenvalue weighted by Crippen LogP contribution is -2.29. The van der Waals surface area contributed by atoms with Gasteiger partial charge in [-0.05, 0) is 36.8 Å². The number of carboxylic acid groups (broad SMARTS) is 1. The molecule has 0 aliphatic heterocycles. The lowest BCUT2D eigenvalue weighted by Gasteiger charge is -2.08. The molecule has 134 valence electrons. The molecule has 1 heterocycles. The molecule has 0 aliphatic carbocycles. The zero-order valence-corrected chi connectivity index (χ0v) is 12.9. The SMILES string of the molecule is O=C(O)CCCNC(=O)Nc1ccc(-n2ccc(C(F)(F)F)n2)cc1. The van der Waals surface area contributed by atoms with Crippen LogP contribution in [0.3, 0.4) is 0 Å². The fraction of sp³-hybridized carbons (Fsp3) is 0.267. The molecule has 25 heavy (non-hydrogen) atoms. The number of amides is 2. The highest BCUT2D eigenvalue weighted by Gasteiger charge is 2.33. The highest BCUT2D eigenvalue weighted by atomic mass is 19.4. The van der Waals surface area contributed by atoms with Crippen LogP contribution in [0.15, 0.2) is 36.5 Å². The van der Waals surface area contributed by atoms with E-state index in [1.165, 1.54) is 30.5 Å². The van der Waals surface area contributed by atoms with Gasteiger partial charge < -0.3 is 15.7 Å². The number of benzene rings is 1.